The molecule has 7 heteroatoms. The number of benzene rings is 1. The Morgan fingerprint density at radius 2 is 1.89 bits per heavy atom. The molecule has 0 atom stereocenters. The first-order valence-electron chi connectivity index (χ1n) is 9.90. The number of hydrogen-bond donors (Lipinski definition) is 2. The highest BCUT2D eigenvalue weighted by Gasteiger charge is 2.21. The van der Waals surface area contributed by atoms with Crippen molar-refractivity contribution in [3.8, 4) is 11.4 Å². The van der Waals surface area contributed by atoms with Crippen molar-refractivity contribution in [2.75, 3.05) is 5.32 Å². The average molecular weight is 379 g/mol. The van der Waals surface area contributed by atoms with Crippen LogP contribution in [0.5, 0.6) is 0 Å². The van der Waals surface area contributed by atoms with Gasteiger partial charge in [-0.25, -0.2) is 19.4 Å². The lowest BCUT2D eigenvalue weighted by Gasteiger charge is -2.24. The third-order valence-electron chi connectivity index (χ3n) is 5.43. The molecule has 7 nitrogen and oxygen atoms in total. The number of carboxylic acid groups (broad SMARTS) is 1. The van der Waals surface area contributed by atoms with Crippen molar-refractivity contribution < 1.29 is 9.90 Å². The summed E-state index contributed by atoms with van der Waals surface area (Å²) in [5.74, 6) is 0.467. The maximum atomic E-state index is 11.1. The minimum absolute atomic E-state index is 0.249. The summed E-state index contributed by atoms with van der Waals surface area (Å²) in [7, 11) is 1.90. The number of anilines is 1. The Labute approximate surface area is 163 Å². The summed E-state index contributed by atoms with van der Waals surface area (Å²) in [4.78, 5) is 20.7. The SMILES string of the molecule is CCc1nn(C)c2nc(-c3ccc(C(=O)O)cc3)nc(NC3CCCCC3)c12. The number of aryl methyl sites for hydroxylation is 2. The summed E-state index contributed by atoms with van der Waals surface area (Å²) >= 11 is 0. The van der Waals surface area contributed by atoms with E-state index in [1.54, 1.807) is 28.9 Å². The predicted molar refractivity (Wildman–Crippen MR) is 109 cm³/mol. The maximum absolute atomic E-state index is 11.1. The van der Waals surface area contributed by atoms with Gasteiger partial charge in [-0.3, -0.25) is 0 Å². The Bertz CT molecular complexity index is 1000. The van der Waals surface area contributed by atoms with Crippen LogP contribution in [-0.2, 0) is 13.5 Å². The van der Waals surface area contributed by atoms with Crippen LogP contribution in [0.4, 0.5) is 5.82 Å². The highest BCUT2D eigenvalue weighted by Crippen LogP contribution is 2.30. The number of carboxylic acids is 1. The van der Waals surface area contributed by atoms with E-state index in [0.717, 1.165) is 47.4 Å². The van der Waals surface area contributed by atoms with Gasteiger partial charge in [-0.2, -0.15) is 5.10 Å². The van der Waals surface area contributed by atoms with Crippen LogP contribution in [0.3, 0.4) is 0 Å². The monoisotopic (exact) mass is 379 g/mol. The van der Waals surface area contributed by atoms with Gasteiger partial charge in [0.25, 0.3) is 0 Å². The van der Waals surface area contributed by atoms with E-state index in [1.165, 1.54) is 19.3 Å². The Kier molecular flexibility index (Phi) is 4.98. The van der Waals surface area contributed by atoms with Gasteiger partial charge in [-0.1, -0.05) is 38.3 Å². The van der Waals surface area contributed by atoms with Crippen LogP contribution in [0.2, 0.25) is 0 Å². The molecule has 1 aliphatic carbocycles. The van der Waals surface area contributed by atoms with Crippen LogP contribution >= 0.6 is 0 Å². The molecule has 4 rings (SSSR count). The highest BCUT2D eigenvalue weighted by molar-refractivity contribution is 5.91. The fraction of sp³-hybridized carbons (Fsp3) is 0.429. The molecule has 0 amide bonds. The molecule has 3 aromatic rings. The summed E-state index contributed by atoms with van der Waals surface area (Å²) in [6, 6.07) is 7.09. The average Bonchev–Trinajstić information content (AvgIpc) is 3.05. The molecule has 2 heterocycles. The van der Waals surface area contributed by atoms with Gasteiger partial charge < -0.3 is 10.4 Å². The predicted octanol–water partition coefficient (Wildman–Crippen LogP) is 4.04. The molecule has 0 saturated heterocycles. The molecule has 0 bridgehead atoms. The molecule has 1 aliphatic rings. The first kappa shape index (κ1) is 18.4. The van der Waals surface area contributed by atoms with Crippen LogP contribution in [-0.4, -0.2) is 36.9 Å². The minimum atomic E-state index is -0.943. The maximum Gasteiger partial charge on any atom is 0.335 e. The molecular weight excluding hydrogens is 354 g/mol. The van der Waals surface area contributed by atoms with E-state index >= 15 is 0 Å². The second kappa shape index (κ2) is 7.58. The van der Waals surface area contributed by atoms with Crippen molar-refractivity contribution in [3.63, 3.8) is 0 Å². The second-order valence-electron chi connectivity index (χ2n) is 7.38. The molecule has 28 heavy (non-hydrogen) atoms. The first-order chi connectivity index (χ1) is 13.6. The lowest BCUT2D eigenvalue weighted by atomic mass is 9.95. The highest BCUT2D eigenvalue weighted by atomic mass is 16.4. The number of aromatic carboxylic acids is 1. The van der Waals surface area contributed by atoms with Crippen molar-refractivity contribution in [3.05, 3.63) is 35.5 Å². The Morgan fingerprint density at radius 3 is 2.54 bits per heavy atom. The van der Waals surface area contributed by atoms with Crippen LogP contribution in [0.1, 0.15) is 55.1 Å². The molecule has 1 aromatic carbocycles. The summed E-state index contributed by atoms with van der Waals surface area (Å²) < 4.78 is 1.80. The van der Waals surface area contributed by atoms with Crippen molar-refractivity contribution in [1.29, 1.82) is 0 Å². The van der Waals surface area contributed by atoms with Gasteiger partial charge in [0.15, 0.2) is 11.5 Å². The molecular formula is C21H25N5O2. The number of rotatable bonds is 5. The first-order valence-corrected chi connectivity index (χ1v) is 9.90. The number of carbonyl (C=O) groups is 1. The molecule has 1 fully saturated rings. The number of hydrogen-bond acceptors (Lipinski definition) is 5. The number of nitrogens with zero attached hydrogens (tertiary/aromatic N) is 4. The molecule has 0 radical (unpaired) electrons. The molecule has 2 N–H and O–H groups in total. The van der Waals surface area contributed by atoms with Gasteiger partial charge in [0.1, 0.15) is 5.82 Å². The molecule has 1 saturated carbocycles. The van der Waals surface area contributed by atoms with E-state index in [2.05, 4.69) is 17.3 Å². The number of nitrogens with one attached hydrogen (secondary N) is 1. The van der Waals surface area contributed by atoms with E-state index in [4.69, 9.17) is 15.1 Å². The van der Waals surface area contributed by atoms with E-state index in [-0.39, 0.29) is 5.56 Å². The largest absolute Gasteiger partial charge is 0.478 e. The van der Waals surface area contributed by atoms with Gasteiger partial charge in [-0.15, -0.1) is 0 Å². The van der Waals surface area contributed by atoms with E-state index in [0.29, 0.717) is 11.9 Å². The quantitative estimate of drug-likeness (QED) is 0.695. The molecule has 2 aromatic heterocycles. The lowest BCUT2D eigenvalue weighted by molar-refractivity contribution is 0.0697. The zero-order chi connectivity index (χ0) is 19.7. The van der Waals surface area contributed by atoms with Gasteiger partial charge in [-0.05, 0) is 31.4 Å². The van der Waals surface area contributed by atoms with E-state index in [1.807, 2.05) is 7.05 Å². The fourth-order valence-corrected chi connectivity index (χ4v) is 3.91. The van der Waals surface area contributed by atoms with Gasteiger partial charge in [0.2, 0.25) is 0 Å². The minimum Gasteiger partial charge on any atom is -0.478 e. The Morgan fingerprint density at radius 1 is 1.18 bits per heavy atom. The summed E-state index contributed by atoms with van der Waals surface area (Å²) in [5, 5.41) is 18.4. The normalized spacial score (nSPS) is 15.1. The van der Waals surface area contributed by atoms with Crippen LogP contribution in [0.25, 0.3) is 22.4 Å². The van der Waals surface area contributed by atoms with E-state index < -0.39 is 5.97 Å². The topological polar surface area (TPSA) is 92.9 Å². The van der Waals surface area contributed by atoms with Gasteiger partial charge in [0.05, 0.1) is 16.6 Å². The van der Waals surface area contributed by atoms with Gasteiger partial charge in [0, 0.05) is 18.7 Å². The van der Waals surface area contributed by atoms with Crippen molar-refractivity contribution in [2.45, 2.75) is 51.5 Å². The zero-order valence-corrected chi connectivity index (χ0v) is 16.3. The molecule has 0 unspecified atom stereocenters. The van der Waals surface area contributed by atoms with Crippen molar-refractivity contribution in [2.24, 2.45) is 7.05 Å². The molecule has 0 aliphatic heterocycles. The smallest absolute Gasteiger partial charge is 0.335 e. The number of aromatic nitrogens is 4. The third kappa shape index (κ3) is 3.44. The van der Waals surface area contributed by atoms with Gasteiger partial charge >= 0.3 is 5.97 Å². The second-order valence-corrected chi connectivity index (χ2v) is 7.38. The Hall–Kier alpha value is -2.96. The standard InChI is InChI=1S/C21H25N5O2/c1-3-16-17-19(22-15-7-5-4-6-8-15)23-18(24-20(17)26(2)25-16)13-9-11-14(12-10-13)21(27)28/h9-12,15H,3-8H2,1-2H3,(H,27,28)(H,22,23,24). The number of fused-ring (bicyclic) bond motifs is 1. The van der Waals surface area contributed by atoms with Crippen molar-refractivity contribution in [1.82, 2.24) is 19.7 Å². The van der Waals surface area contributed by atoms with Crippen molar-refractivity contribution >= 4 is 22.8 Å². The molecule has 0 spiro atoms. The summed E-state index contributed by atoms with van der Waals surface area (Å²) in [6.45, 7) is 2.09. The summed E-state index contributed by atoms with van der Waals surface area (Å²) in [5.41, 5.74) is 2.82. The lowest BCUT2D eigenvalue weighted by Crippen LogP contribution is -2.23. The Balaban J connectivity index is 1.81. The zero-order valence-electron chi connectivity index (χ0n) is 16.3. The molecule has 146 valence electrons. The third-order valence-corrected chi connectivity index (χ3v) is 5.43. The summed E-state index contributed by atoms with van der Waals surface area (Å²) in [6.07, 6.45) is 6.89. The van der Waals surface area contributed by atoms with Crippen LogP contribution in [0.15, 0.2) is 24.3 Å². The van der Waals surface area contributed by atoms with E-state index in [9.17, 15) is 4.79 Å². The fourth-order valence-electron chi connectivity index (χ4n) is 3.91. The van der Waals surface area contributed by atoms with Crippen LogP contribution in [0, 0.1) is 0 Å². The van der Waals surface area contributed by atoms with Crippen LogP contribution < -0.4 is 5.32 Å².